The lowest BCUT2D eigenvalue weighted by molar-refractivity contribution is -0.172. The number of ether oxygens (including phenoxy) is 1. The monoisotopic (exact) mass is 183 g/mol. The summed E-state index contributed by atoms with van der Waals surface area (Å²) in [5.41, 5.74) is -0.148. The van der Waals surface area contributed by atoms with E-state index in [2.05, 4.69) is 6.92 Å². The van der Waals surface area contributed by atoms with Crippen molar-refractivity contribution in [3.05, 3.63) is 0 Å². The quantitative estimate of drug-likeness (QED) is 0.640. The molecule has 2 saturated heterocycles. The third-order valence-electron chi connectivity index (χ3n) is 3.28. The summed E-state index contributed by atoms with van der Waals surface area (Å²) < 4.78 is 5.16. The fraction of sp³-hybridized carbons (Fsp3) is 0.900. The lowest BCUT2D eigenvalue weighted by Gasteiger charge is -2.41. The fourth-order valence-corrected chi connectivity index (χ4v) is 2.08. The van der Waals surface area contributed by atoms with Crippen LogP contribution in [0.3, 0.4) is 0 Å². The van der Waals surface area contributed by atoms with E-state index in [4.69, 9.17) is 4.74 Å². The van der Waals surface area contributed by atoms with Gasteiger partial charge in [0.25, 0.3) is 0 Å². The van der Waals surface area contributed by atoms with E-state index in [-0.39, 0.29) is 5.41 Å². The van der Waals surface area contributed by atoms with Gasteiger partial charge in [0.1, 0.15) is 0 Å². The molecule has 0 aromatic heterocycles. The Bertz CT molecular complexity index is 199. The molecule has 2 aliphatic heterocycles. The largest absolute Gasteiger partial charge is 0.379 e. The number of hydrogen-bond donors (Lipinski definition) is 0. The first-order chi connectivity index (χ1) is 6.28. The average molecular weight is 183 g/mol. The molecule has 0 saturated carbocycles. The van der Waals surface area contributed by atoms with Crippen LogP contribution in [0.2, 0.25) is 0 Å². The van der Waals surface area contributed by atoms with Gasteiger partial charge in [0.05, 0.1) is 18.6 Å². The summed E-state index contributed by atoms with van der Waals surface area (Å²) in [7, 11) is 0. The number of hydrogen-bond acceptors (Lipinski definition) is 2. The molecule has 0 spiro atoms. The third kappa shape index (κ3) is 1.35. The van der Waals surface area contributed by atoms with E-state index in [1.54, 1.807) is 0 Å². The predicted octanol–water partition coefficient (Wildman–Crippen LogP) is 1.04. The normalized spacial score (nSPS) is 25.8. The van der Waals surface area contributed by atoms with Gasteiger partial charge in [0, 0.05) is 13.1 Å². The lowest BCUT2D eigenvalue weighted by atomic mass is 9.82. The Hall–Kier alpha value is -0.570. The van der Waals surface area contributed by atoms with Crippen LogP contribution in [0.25, 0.3) is 0 Å². The molecular formula is C10H17NO2. The summed E-state index contributed by atoms with van der Waals surface area (Å²) in [5, 5.41) is 0. The van der Waals surface area contributed by atoms with Gasteiger partial charge in [-0.1, -0.05) is 6.92 Å². The van der Waals surface area contributed by atoms with Crippen molar-refractivity contribution in [2.45, 2.75) is 26.2 Å². The molecule has 2 fully saturated rings. The SMILES string of the molecule is CCC1(C(=O)N2CCCC2)COC1. The topological polar surface area (TPSA) is 29.5 Å². The zero-order valence-electron chi connectivity index (χ0n) is 8.21. The molecule has 3 heteroatoms. The van der Waals surface area contributed by atoms with E-state index in [1.807, 2.05) is 4.90 Å². The standard InChI is InChI=1S/C10H17NO2/c1-2-10(7-13-8-10)9(12)11-5-3-4-6-11/h2-8H2,1H3. The van der Waals surface area contributed by atoms with Crippen molar-refractivity contribution in [3.63, 3.8) is 0 Å². The third-order valence-corrected chi connectivity index (χ3v) is 3.28. The maximum atomic E-state index is 12.0. The zero-order valence-corrected chi connectivity index (χ0v) is 8.21. The van der Waals surface area contributed by atoms with Crippen molar-refractivity contribution in [1.29, 1.82) is 0 Å². The molecule has 13 heavy (non-hydrogen) atoms. The van der Waals surface area contributed by atoms with Crippen LogP contribution in [0.5, 0.6) is 0 Å². The van der Waals surface area contributed by atoms with Crippen LogP contribution in [0.15, 0.2) is 0 Å². The number of carbonyl (C=O) groups is 1. The average Bonchev–Trinajstić information content (AvgIpc) is 2.54. The Labute approximate surface area is 79.0 Å². The van der Waals surface area contributed by atoms with Crippen LogP contribution >= 0.6 is 0 Å². The predicted molar refractivity (Wildman–Crippen MR) is 49.4 cm³/mol. The first-order valence-corrected chi connectivity index (χ1v) is 5.16. The van der Waals surface area contributed by atoms with E-state index >= 15 is 0 Å². The number of rotatable bonds is 2. The number of carbonyl (C=O) groups excluding carboxylic acids is 1. The molecule has 0 aromatic carbocycles. The van der Waals surface area contributed by atoms with Gasteiger partial charge in [-0.05, 0) is 19.3 Å². The molecule has 0 unspecified atom stereocenters. The van der Waals surface area contributed by atoms with E-state index in [1.165, 1.54) is 12.8 Å². The molecule has 0 aromatic rings. The summed E-state index contributed by atoms with van der Waals surface area (Å²) in [5.74, 6) is 0.332. The second-order valence-electron chi connectivity index (χ2n) is 4.13. The number of amides is 1. The summed E-state index contributed by atoms with van der Waals surface area (Å²) in [6.07, 6.45) is 3.26. The van der Waals surface area contributed by atoms with Crippen LogP contribution in [-0.4, -0.2) is 37.1 Å². The summed E-state index contributed by atoms with van der Waals surface area (Å²) in [6, 6.07) is 0. The van der Waals surface area contributed by atoms with Gasteiger partial charge in [0.15, 0.2) is 0 Å². The highest BCUT2D eigenvalue weighted by Crippen LogP contribution is 2.34. The Morgan fingerprint density at radius 2 is 2.00 bits per heavy atom. The summed E-state index contributed by atoms with van der Waals surface area (Å²) in [6.45, 7) is 5.27. The minimum Gasteiger partial charge on any atom is -0.379 e. The van der Waals surface area contributed by atoms with Gasteiger partial charge in [0.2, 0.25) is 5.91 Å². The van der Waals surface area contributed by atoms with Crippen LogP contribution in [0.4, 0.5) is 0 Å². The van der Waals surface area contributed by atoms with Crippen molar-refractivity contribution in [2.24, 2.45) is 5.41 Å². The molecule has 74 valence electrons. The van der Waals surface area contributed by atoms with Crippen molar-refractivity contribution in [1.82, 2.24) is 4.90 Å². The molecule has 2 rings (SSSR count). The first kappa shape index (κ1) is 9.00. The minimum atomic E-state index is -0.148. The van der Waals surface area contributed by atoms with Gasteiger partial charge in [-0.3, -0.25) is 4.79 Å². The molecule has 0 aliphatic carbocycles. The smallest absolute Gasteiger partial charge is 0.233 e. The second kappa shape index (κ2) is 3.29. The van der Waals surface area contributed by atoms with Crippen molar-refractivity contribution >= 4 is 5.91 Å². The molecule has 3 nitrogen and oxygen atoms in total. The van der Waals surface area contributed by atoms with Crippen molar-refractivity contribution in [2.75, 3.05) is 26.3 Å². The number of likely N-dealkylation sites (tertiary alicyclic amines) is 1. The van der Waals surface area contributed by atoms with E-state index < -0.39 is 0 Å². The van der Waals surface area contributed by atoms with Crippen LogP contribution < -0.4 is 0 Å². The van der Waals surface area contributed by atoms with Gasteiger partial charge in [-0.15, -0.1) is 0 Å². The summed E-state index contributed by atoms with van der Waals surface area (Å²) >= 11 is 0. The van der Waals surface area contributed by atoms with Gasteiger partial charge in [-0.25, -0.2) is 0 Å². The first-order valence-electron chi connectivity index (χ1n) is 5.16. The summed E-state index contributed by atoms with van der Waals surface area (Å²) in [4.78, 5) is 14.0. The van der Waals surface area contributed by atoms with Crippen LogP contribution in [-0.2, 0) is 9.53 Å². The molecule has 2 aliphatic rings. The minimum absolute atomic E-state index is 0.148. The highest BCUT2D eigenvalue weighted by atomic mass is 16.5. The van der Waals surface area contributed by atoms with Crippen molar-refractivity contribution in [3.8, 4) is 0 Å². The molecule has 2 heterocycles. The highest BCUT2D eigenvalue weighted by molar-refractivity contribution is 5.84. The fourth-order valence-electron chi connectivity index (χ4n) is 2.08. The highest BCUT2D eigenvalue weighted by Gasteiger charge is 2.46. The van der Waals surface area contributed by atoms with E-state index in [0.717, 1.165) is 19.5 Å². The van der Waals surface area contributed by atoms with Gasteiger partial charge >= 0.3 is 0 Å². The van der Waals surface area contributed by atoms with Crippen molar-refractivity contribution < 1.29 is 9.53 Å². The molecule has 0 radical (unpaired) electrons. The lowest BCUT2D eigenvalue weighted by Crippen LogP contribution is -2.54. The zero-order chi connectivity index (χ0) is 9.31. The maximum Gasteiger partial charge on any atom is 0.233 e. The molecule has 0 bridgehead atoms. The van der Waals surface area contributed by atoms with E-state index in [9.17, 15) is 4.79 Å². The number of nitrogens with zero attached hydrogens (tertiary/aromatic N) is 1. The molecule has 0 N–H and O–H groups in total. The van der Waals surface area contributed by atoms with E-state index in [0.29, 0.717) is 19.1 Å². The Morgan fingerprint density at radius 3 is 2.38 bits per heavy atom. The maximum absolute atomic E-state index is 12.0. The van der Waals surface area contributed by atoms with Crippen LogP contribution in [0, 0.1) is 5.41 Å². The Balaban J connectivity index is 2.01. The second-order valence-corrected chi connectivity index (χ2v) is 4.13. The molecule has 1 amide bonds. The Morgan fingerprint density at radius 1 is 1.38 bits per heavy atom. The molecule has 0 atom stereocenters. The Kier molecular flexibility index (Phi) is 2.28. The molecular weight excluding hydrogens is 166 g/mol. The van der Waals surface area contributed by atoms with Gasteiger partial charge < -0.3 is 9.64 Å². The van der Waals surface area contributed by atoms with Crippen LogP contribution in [0.1, 0.15) is 26.2 Å². The van der Waals surface area contributed by atoms with Gasteiger partial charge in [-0.2, -0.15) is 0 Å².